The van der Waals surface area contributed by atoms with Crippen molar-refractivity contribution < 1.29 is 19.4 Å². The lowest BCUT2D eigenvalue weighted by atomic mass is 10.1. The summed E-state index contributed by atoms with van der Waals surface area (Å²) in [7, 11) is 1.88. The van der Waals surface area contributed by atoms with Crippen LogP contribution in [0.25, 0.3) is 34.3 Å². The van der Waals surface area contributed by atoms with Crippen LogP contribution in [0.3, 0.4) is 0 Å². The zero-order valence-corrected chi connectivity index (χ0v) is 20.7. The molecule has 0 radical (unpaired) electrons. The lowest BCUT2D eigenvalue weighted by Gasteiger charge is -2.11. The summed E-state index contributed by atoms with van der Waals surface area (Å²) in [5, 5.41) is 19.5. The van der Waals surface area contributed by atoms with Crippen LogP contribution in [0.4, 0.5) is 0 Å². The summed E-state index contributed by atoms with van der Waals surface area (Å²) in [6, 6.07) is 6.82. The van der Waals surface area contributed by atoms with E-state index in [-0.39, 0.29) is 5.56 Å². The molecule has 1 aliphatic heterocycles. The number of rotatable bonds is 2. The van der Waals surface area contributed by atoms with Gasteiger partial charge in [-0.3, -0.25) is 9.67 Å². The second kappa shape index (κ2) is 9.20. The van der Waals surface area contributed by atoms with Crippen LogP contribution in [0.15, 0.2) is 36.7 Å². The average Bonchev–Trinajstić information content (AvgIpc) is 3.36. The van der Waals surface area contributed by atoms with E-state index in [2.05, 4.69) is 32.1 Å². The second-order valence-corrected chi connectivity index (χ2v) is 9.43. The number of halogens is 1. The van der Waals surface area contributed by atoms with Crippen LogP contribution in [0.1, 0.15) is 27.3 Å². The van der Waals surface area contributed by atoms with Crippen molar-refractivity contribution in [3.8, 4) is 17.0 Å². The third-order valence-electron chi connectivity index (χ3n) is 5.41. The largest absolute Gasteiger partial charge is 0.491 e. The monoisotopic (exact) mass is 575 g/mol. The summed E-state index contributed by atoms with van der Waals surface area (Å²) in [4.78, 5) is 16.2. The molecule has 0 saturated heterocycles. The lowest BCUT2D eigenvalue weighted by molar-refractivity contribution is 0.0696. The van der Waals surface area contributed by atoms with Gasteiger partial charge in [-0.1, -0.05) is 0 Å². The minimum Gasteiger partial charge on any atom is -0.491 e. The average molecular weight is 575 g/mol. The van der Waals surface area contributed by atoms with Crippen LogP contribution in [-0.4, -0.2) is 48.6 Å². The molecule has 1 aliphatic rings. The van der Waals surface area contributed by atoms with Crippen molar-refractivity contribution in [1.29, 1.82) is 0 Å². The van der Waals surface area contributed by atoms with E-state index in [0.29, 0.717) is 37.5 Å². The lowest BCUT2D eigenvalue weighted by Crippen LogP contribution is -2.10. The number of carboxylic acid groups (broad SMARTS) is 1. The first-order valence-corrected chi connectivity index (χ1v) is 14.1. The van der Waals surface area contributed by atoms with E-state index in [1.54, 1.807) is 23.0 Å². The molecule has 0 fully saturated rings. The number of pyridine rings is 1. The van der Waals surface area contributed by atoms with Gasteiger partial charge in [0.25, 0.3) is 0 Å². The van der Waals surface area contributed by atoms with Gasteiger partial charge in [0, 0.05) is 23.6 Å². The Kier molecular flexibility index (Phi) is 6.13. The molecule has 4 heterocycles. The SMILES string of the molecule is Cn1ncc2c1COCCOc1ccc(C(=O)O)cc1/C=C/c1nn(PI)c3cnc-2cc13. The fourth-order valence-corrected chi connectivity index (χ4v) is 5.23. The van der Waals surface area contributed by atoms with E-state index in [4.69, 9.17) is 14.6 Å². The smallest absolute Gasteiger partial charge is 0.335 e. The van der Waals surface area contributed by atoms with E-state index in [1.165, 1.54) is 6.07 Å². The topological polar surface area (TPSA) is 104 Å². The van der Waals surface area contributed by atoms with Crippen molar-refractivity contribution in [1.82, 2.24) is 24.3 Å². The molecule has 1 aromatic carbocycles. The van der Waals surface area contributed by atoms with E-state index in [9.17, 15) is 9.90 Å². The van der Waals surface area contributed by atoms with Crippen LogP contribution < -0.4 is 4.74 Å². The minimum absolute atomic E-state index is 0.190. The van der Waals surface area contributed by atoms with E-state index < -0.39 is 5.97 Å². The number of carboxylic acids is 1. The molecule has 4 aromatic rings. The quantitative estimate of drug-likeness (QED) is 0.279. The summed E-state index contributed by atoms with van der Waals surface area (Å²) >= 11 is 2.29. The Morgan fingerprint density at radius 1 is 1.21 bits per heavy atom. The molecule has 33 heavy (non-hydrogen) atoms. The summed E-state index contributed by atoms with van der Waals surface area (Å²) in [5.74, 6) is -0.411. The van der Waals surface area contributed by atoms with Gasteiger partial charge in [0.15, 0.2) is 0 Å². The number of aromatic carboxylic acids is 1. The van der Waals surface area contributed by atoms with Crippen molar-refractivity contribution in [2.45, 2.75) is 6.61 Å². The van der Waals surface area contributed by atoms with Gasteiger partial charge < -0.3 is 14.6 Å². The number of nitrogens with zero attached hydrogens (tertiary/aromatic N) is 5. The zero-order valence-electron chi connectivity index (χ0n) is 17.5. The first-order valence-electron chi connectivity index (χ1n) is 10.1. The molecule has 0 aliphatic carbocycles. The van der Waals surface area contributed by atoms with Gasteiger partial charge in [0.1, 0.15) is 12.4 Å². The Labute approximate surface area is 203 Å². The normalized spacial score (nSPS) is 15.1. The van der Waals surface area contributed by atoms with Crippen LogP contribution in [0.2, 0.25) is 0 Å². The Balaban J connectivity index is 1.69. The summed E-state index contributed by atoms with van der Waals surface area (Å²) in [6.45, 7) is 1.05. The molecule has 1 unspecified atom stereocenters. The van der Waals surface area contributed by atoms with Gasteiger partial charge in [-0.05, 0) is 58.5 Å². The van der Waals surface area contributed by atoms with Crippen molar-refractivity contribution in [3.05, 3.63) is 59.2 Å². The molecular weight excluding hydrogens is 556 g/mol. The molecule has 0 spiro atoms. The molecule has 0 amide bonds. The minimum atomic E-state index is -0.992. The first kappa shape index (κ1) is 22.0. The van der Waals surface area contributed by atoms with Gasteiger partial charge in [0.05, 0.1) is 60.1 Å². The maximum absolute atomic E-state index is 11.5. The summed E-state index contributed by atoms with van der Waals surface area (Å²) in [6.07, 6.45) is 7.75. The Hall–Kier alpha value is -2.82. The van der Waals surface area contributed by atoms with Gasteiger partial charge in [-0.25, -0.2) is 9.25 Å². The van der Waals surface area contributed by atoms with Crippen LogP contribution in [-0.2, 0) is 18.4 Å². The third-order valence-corrected chi connectivity index (χ3v) is 7.29. The van der Waals surface area contributed by atoms with Crippen LogP contribution >= 0.6 is 28.4 Å². The van der Waals surface area contributed by atoms with E-state index in [0.717, 1.165) is 33.5 Å². The van der Waals surface area contributed by atoms with Gasteiger partial charge in [-0.15, -0.1) is 0 Å². The van der Waals surface area contributed by atoms with Gasteiger partial charge in [-0.2, -0.15) is 10.2 Å². The molecule has 0 saturated carbocycles. The Morgan fingerprint density at radius 3 is 2.91 bits per heavy atom. The maximum Gasteiger partial charge on any atom is 0.335 e. The predicted molar refractivity (Wildman–Crippen MR) is 135 cm³/mol. The van der Waals surface area contributed by atoms with Crippen molar-refractivity contribution in [3.63, 3.8) is 0 Å². The Bertz CT molecular complexity index is 1400. The molecule has 168 valence electrons. The molecule has 2 bridgehead atoms. The van der Waals surface area contributed by atoms with Crippen LogP contribution in [0.5, 0.6) is 5.75 Å². The van der Waals surface area contributed by atoms with Crippen molar-refractivity contribution >= 4 is 57.4 Å². The Morgan fingerprint density at radius 2 is 2.09 bits per heavy atom. The highest BCUT2D eigenvalue weighted by molar-refractivity contribution is 14.2. The van der Waals surface area contributed by atoms with E-state index in [1.807, 2.05) is 35.9 Å². The van der Waals surface area contributed by atoms with Crippen LogP contribution in [0, 0.1) is 0 Å². The maximum atomic E-state index is 11.5. The van der Waals surface area contributed by atoms with Gasteiger partial charge in [0.2, 0.25) is 0 Å². The first-order chi connectivity index (χ1) is 16.0. The highest BCUT2D eigenvalue weighted by Gasteiger charge is 2.17. The molecule has 1 atom stereocenters. The van der Waals surface area contributed by atoms with Crippen molar-refractivity contribution in [2.75, 3.05) is 13.2 Å². The highest BCUT2D eigenvalue weighted by atomic mass is 127. The third kappa shape index (κ3) is 4.25. The number of ether oxygens (including phenoxy) is 2. The zero-order chi connectivity index (χ0) is 22.9. The fraction of sp³-hybridized carbons (Fsp3) is 0.182. The molecule has 9 nitrogen and oxygen atoms in total. The fourth-order valence-electron chi connectivity index (χ4n) is 3.71. The number of aromatic nitrogens is 5. The predicted octanol–water partition coefficient (Wildman–Crippen LogP) is 4.40. The number of benzene rings is 1. The summed E-state index contributed by atoms with van der Waals surface area (Å²) < 4.78 is 15.5. The standard InChI is InChI=1S/C22H19IN5O4P/c1-27-20-12-31-6-7-32-21-5-3-14(22(29)30)8-13(21)2-4-17-15-9-18(16(20)10-25-27)24-11-19(15)28(26-17)33-23/h2-5,8-11,33H,6-7,12H2,1H3,(H,29,30)/b4-2+. The molecular formula is C22H19IN5O4P. The molecule has 1 N–H and O–H groups in total. The summed E-state index contributed by atoms with van der Waals surface area (Å²) in [5.41, 5.74) is 5.15. The second-order valence-electron chi connectivity index (χ2n) is 7.39. The van der Waals surface area contributed by atoms with Crippen molar-refractivity contribution in [2.24, 2.45) is 7.05 Å². The number of hydrogen-bond acceptors (Lipinski definition) is 6. The number of hydrogen-bond donors (Lipinski definition) is 1. The number of carbonyl (C=O) groups is 1. The molecule has 11 heteroatoms. The number of aryl methyl sites for hydroxylation is 1. The van der Waals surface area contributed by atoms with E-state index >= 15 is 0 Å². The highest BCUT2D eigenvalue weighted by Crippen LogP contribution is 2.34. The number of fused-ring (bicyclic) bond motifs is 4. The molecule has 3 aromatic heterocycles. The van der Waals surface area contributed by atoms with Gasteiger partial charge >= 0.3 is 5.97 Å². The molecule has 5 rings (SSSR count).